The lowest BCUT2D eigenvalue weighted by molar-refractivity contribution is -0.146. The first kappa shape index (κ1) is 84.7. The third kappa shape index (κ3) is 54.5. The van der Waals surface area contributed by atoms with Crippen LogP contribution in [0, 0.1) is 0 Å². The van der Waals surface area contributed by atoms with Gasteiger partial charge in [0.2, 0.25) is 0 Å². The van der Waals surface area contributed by atoms with E-state index in [0.717, 1.165) is 87.5 Å². The predicted octanol–water partition coefficient (Wildman–Crippen LogP) is 11.0. The summed E-state index contributed by atoms with van der Waals surface area (Å²) in [7, 11) is 0. The lowest BCUT2D eigenvalue weighted by Gasteiger charge is -2.25. The number of allylic oxidation sites excluding steroid dienone is 1. The van der Waals surface area contributed by atoms with E-state index in [4.69, 9.17) is 32.8 Å². The van der Waals surface area contributed by atoms with Gasteiger partial charge in [-0.3, -0.25) is 14.7 Å². The Kier molecular flexibility index (Phi) is 63.0. The molecule has 0 aliphatic carbocycles. The summed E-state index contributed by atoms with van der Waals surface area (Å²) < 4.78 is 34.5. The molecule has 18 heteroatoms. The Balaban J connectivity index is -0.000000298. The maximum atomic E-state index is 11.0. The standard InChI is InChI=1S/C12H19NO3.C12H19NO2.C12H16O2.C11H17NO2.C11H12O3.C8H12O2S/c1-4-7-13(8-5-2)9-11(14)10-16-12(15)6-3;1-4-8-13(9-5-2)10-7-11-15-12(14)6-3;1-5-9-10-12(7-3,8-4)14-11(13)6-2;1-4-7-12(8-5-2)9-10-14-11(13)6-3;1-3-6-10(14-11(12)4-2)9-7-5-8-13-9;1-3-6-11-7-5-10-8(9)4-2/h4-6,11,14H,1-3,7-10H2;4-6H,1-3,7-11H2;5-8H,1-4,9-10H2;4-6H,1-3,7-10H2;3-5,7-8,10H,1-2,6H2;3-4H,1-2,5-7H2. The number of esters is 6. The van der Waals surface area contributed by atoms with Crippen molar-refractivity contribution in [2.24, 2.45) is 0 Å². The zero-order chi connectivity index (χ0) is 64.7. The molecule has 0 aromatic carbocycles. The highest BCUT2D eigenvalue weighted by atomic mass is 32.2. The number of hydrogen-bond donors (Lipinski definition) is 1. The van der Waals surface area contributed by atoms with E-state index in [1.54, 1.807) is 72.5 Å². The summed E-state index contributed by atoms with van der Waals surface area (Å²) in [5.74, 6) is -0.266. The molecule has 464 valence electrons. The van der Waals surface area contributed by atoms with Crippen molar-refractivity contribution in [1.82, 2.24) is 14.7 Å². The molecule has 0 saturated heterocycles. The minimum absolute atomic E-state index is 0.0321. The second-order valence-electron chi connectivity index (χ2n) is 16.3. The lowest BCUT2D eigenvalue weighted by atomic mass is 9.97. The highest BCUT2D eigenvalue weighted by molar-refractivity contribution is 7.99. The third-order valence-corrected chi connectivity index (χ3v) is 10.6. The van der Waals surface area contributed by atoms with Gasteiger partial charge in [-0.2, -0.15) is 11.8 Å². The van der Waals surface area contributed by atoms with Gasteiger partial charge in [0.05, 0.1) is 12.9 Å². The molecule has 0 amide bonds. The maximum Gasteiger partial charge on any atom is 0.331 e. The van der Waals surface area contributed by atoms with Gasteiger partial charge in [0.1, 0.15) is 37.3 Å². The van der Waals surface area contributed by atoms with Crippen molar-refractivity contribution in [3.63, 3.8) is 0 Å². The Bertz CT molecular complexity index is 2130. The Labute approximate surface area is 506 Å². The molecule has 0 aliphatic rings. The Morgan fingerprint density at radius 2 is 0.988 bits per heavy atom. The molecular weight excluding hydrogens is 1090 g/mol. The topological polar surface area (TPSA) is 201 Å². The lowest BCUT2D eigenvalue weighted by Crippen LogP contribution is -2.35. The van der Waals surface area contributed by atoms with Crippen LogP contribution in [0.2, 0.25) is 0 Å². The van der Waals surface area contributed by atoms with Crippen molar-refractivity contribution in [2.45, 2.75) is 43.5 Å². The molecule has 1 aromatic rings. The van der Waals surface area contributed by atoms with Crippen molar-refractivity contribution in [3.05, 3.63) is 239 Å². The number of thioether (sulfide) groups is 1. The molecule has 1 N–H and O–H groups in total. The zero-order valence-electron chi connectivity index (χ0n) is 49.7. The van der Waals surface area contributed by atoms with Gasteiger partial charge < -0.3 is 37.9 Å². The summed E-state index contributed by atoms with van der Waals surface area (Å²) in [6, 6.07) is 3.50. The maximum absolute atomic E-state index is 11.0. The molecule has 1 heterocycles. The van der Waals surface area contributed by atoms with E-state index in [1.165, 1.54) is 12.3 Å². The van der Waals surface area contributed by atoms with Gasteiger partial charge in [-0.15, -0.1) is 59.2 Å². The van der Waals surface area contributed by atoms with Crippen LogP contribution < -0.4 is 0 Å². The molecule has 84 heavy (non-hydrogen) atoms. The number of aliphatic hydroxyl groups is 1. The Hall–Kier alpha value is -8.13. The van der Waals surface area contributed by atoms with Crippen molar-refractivity contribution >= 4 is 47.6 Å². The molecule has 0 aliphatic heterocycles. The first-order valence-corrected chi connectivity index (χ1v) is 27.6. The van der Waals surface area contributed by atoms with Gasteiger partial charge in [-0.1, -0.05) is 107 Å². The summed E-state index contributed by atoms with van der Waals surface area (Å²) in [6.07, 6.45) is 29.0. The first-order chi connectivity index (χ1) is 40.3. The van der Waals surface area contributed by atoms with Gasteiger partial charge in [0, 0.05) is 113 Å². The van der Waals surface area contributed by atoms with Crippen molar-refractivity contribution in [2.75, 3.05) is 96.8 Å². The van der Waals surface area contributed by atoms with Crippen molar-refractivity contribution in [3.8, 4) is 0 Å². The number of ether oxygens (including phenoxy) is 6. The van der Waals surface area contributed by atoms with E-state index in [0.29, 0.717) is 64.6 Å². The van der Waals surface area contributed by atoms with Gasteiger partial charge >= 0.3 is 35.8 Å². The molecule has 0 bridgehead atoms. The normalized spacial score (nSPS) is 10.3. The molecule has 0 fully saturated rings. The van der Waals surface area contributed by atoms with Gasteiger partial charge in [0.15, 0.2) is 6.10 Å². The van der Waals surface area contributed by atoms with Crippen LogP contribution in [0.5, 0.6) is 0 Å². The number of hydrogen-bond acceptors (Lipinski definition) is 18. The van der Waals surface area contributed by atoms with Gasteiger partial charge in [-0.25, -0.2) is 28.8 Å². The minimum atomic E-state index is -0.806. The van der Waals surface area contributed by atoms with Crippen LogP contribution in [0.15, 0.2) is 238 Å². The summed E-state index contributed by atoms with van der Waals surface area (Å²) >= 11 is 1.68. The fourth-order valence-corrected chi connectivity index (χ4v) is 6.25. The van der Waals surface area contributed by atoms with Gasteiger partial charge in [0.25, 0.3) is 0 Å². The number of furan rings is 1. The highest BCUT2D eigenvalue weighted by Crippen LogP contribution is 2.23. The molecule has 0 saturated carbocycles. The zero-order valence-corrected chi connectivity index (χ0v) is 50.5. The second-order valence-corrected chi connectivity index (χ2v) is 17.4. The van der Waals surface area contributed by atoms with E-state index < -0.39 is 35.7 Å². The predicted molar refractivity (Wildman–Crippen MR) is 345 cm³/mol. The number of aliphatic hydroxyl groups excluding tert-OH is 1. The van der Waals surface area contributed by atoms with Crippen LogP contribution in [0.25, 0.3) is 0 Å². The SMILES string of the molecule is C=CCC(OC(=O)C=C)c1ccco1.C=CCCC(C=C)(C=C)OC(=O)C=C.C=CCN(CC=C)CC(O)COC(=O)C=C.C=CCN(CC=C)CCCOC(=O)C=C.C=CCN(CC=C)CCOC(=O)C=C.C=CCSCCOC(=O)C=C. The van der Waals surface area contributed by atoms with Crippen LogP contribution in [0.1, 0.15) is 37.5 Å². The molecule has 2 unspecified atom stereocenters. The Morgan fingerprint density at radius 1 is 0.536 bits per heavy atom. The van der Waals surface area contributed by atoms with E-state index >= 15 is 0 Å². The van der Waals surface area contributed by atoms with Crippen LogP contribution in [0.3, 0.4) is 0 Å². The smallest absolute Gasteiger partial charge is 0.331 e. The number of nitrogens with zero attached hydrogens (tertiary/aromatic N) is 3. The van der Waals surface area contributed by atoms with Crippen molar-refractivity contribution in [1.29, 1.82) is 0 Å². The largest absolute Gasteiger partial charge is 0.465 e. The van der Waals surface area contributed by atoms with Crippen LogP contribution in [-0.2, 0) is 57.2 Å². The van der Waals surface area contributed by atoms with E-state index in [9.17, 15) is 33.9 Å². The highest BCUT2D eigenvalue weighted by Gasteiger charge is 2.25. The summed E-state index contributed by atoms with van der Waals surface area (Å²) in [6.45, 7) is 67.3. The average molecular weight is 1190 g/mol. The Morgan fingerprint density at radius 3 is 1.40 bits per heavy atom. The van der Waals surface area contributed by atoms with E-state index in [2.05, 4.69) is 122 Å². The molecule has 0 radical (unpaired) electrons. The quantitative estimate of drug-likeness (QED) is 0.0212. The van der Waals surface area contributed by atoms with Crippen LogP contribution in [0.4, 0.5) is 0 Å². The molecule has 1 aromatic heterocycles. The summed E-state index contributed by atoms with van der Waals surface area (Å²) in [5, 5.41) is 9.60. The fourth-order valence-electron chi connectivity index (χ4n) is 5.72. The fraction of sp³-hybridized carbons (Fsp3) is 0.333. The molecule has 1 rings (SSSR count). The monoisotopic (exact) mass is 1190 g/mol. The summed E-state index contributed by atoms with van der Waals surface area (Å²) in [5.41, 5.74) is -0.806. The number of carbonyl (C=O) groups is 6. The molecule has 17 nitrogen and oxygen atoms in total. The summed E-state index contributed by atoms with van der Waals surface area (Å²) in [4.78, 5) is 70.9. The molecule has 2 atom stereocenters. The minimum Gasteiger partial charge on any atom is -0.465 e. The van der Waals surface area contributed by atoms with Crippen LogP contribution in [-0.4, -0.2) is 164 Å². The average Bonchev–Trinajstić information content (AvgIpc) is 4.13. The first-order valence-electron chi connectivity index (χ1n) is 26.4. The second kappa shape index (κ2) is 62.5. The number of rotatable bonds is 44. The molecule has 0 spiro atoms. The van der Waals surface area contributed by atoms with Crippen molar-refractivity contribution < 1.29 is 66.7 Å². The molecular formula is C66H95N3O14S. The van der Waals surface area contributed by atoms with E-state index in [1.807, 2.05) is 23.1 Å². The number of carbonyl (C=O) groups excluding carboxylic acids is 6. The third-order valence-electron chi connectivity index (χ3n) is 9.65. The van der Waals surface area contributed by atoms with Crippen LogP contribution >= 0.6 is 11.8 Å². The van der Waals surface area contributed by atoms with E-state index in [-0.39, 0.29) is 24.5 Å². The van der Waals surface area contributed by atoms with Gasteiger partial charge in [-0.05, 0) is 43.5 Å².